The van der Waals surface area contributed by atoms with Crippen LogP contribution in [-0.4, -0.2) is 34.9 Å². The normalized spacial score (nSPS) is 10.6. The van der Waals surface area contributed by atoms with Crippen molar-refractivity contribution in [3.8, 4) is 0 Å². The molecule has 0 saturated carbocycles. The van der Waals surface area contributed by atoms with Gasteiger partial charge in [0.1, 0.15) is 0 Å². The van der Waals surface area contributed by atoms with Gasteiger partial charge in [-0.3, -0.25) is 24.7 Å². The molecule has 1 atom stereocenters. The van der Waals surface area contributed by atoms with Crippen molar-refractivity contribution in [2.75, 3.05) is 0 Å². The molecule has 3 N–H and O–H groups in total. The predicted octanol–water partition coefficient (Wildman–Crippen LogP) is 23.7. The van der Waals surface area contributed by atoms with Crippen LogP contribution in [0.3, 0.4) is 0 Å². The van der Waals surface area contributed by atoms with Crippen molar-refractivity contribution in [1.29, 1.82) is 0 Å². The Hall–Kier alpha value is -9.01. The maximum atomic E-state index is 11.2. The highest BCUT2D eigenvalue weighted by Gasteiger charge is 2.16. The molecular weight excluding hydrogens is 1090 g/mol. The Morgan fingerprint density at radius 3 is 1.63 bits per heavy atom. The van der Waals surface area contributed by atoms with Crippen molar-refractivity contribution in [2.45, 2.75) is 164 Å². The van der Waals surface area contributed by atoms with Gasteiger partial charge in [-0.25, -0.2) is 0 Å². The number of pyridine rings is 5. The third-order valence-corrected chi connectivity index (χ3v) is 12.9. The van der Waals surface area contributed by atoms with Crippen LogP contribution < -0.4 is 5.56 Å². The third-order valence-electron chi connectivity index (χ3n) is 12.9. The van der Waals surface area contributed by atoms with E-state index in [1.54, 1.807) is 17.3 Å². The fourth-order valence-electron chi connectivity index (χ4n) is 8.89. The molecule has 8 heteroatoms. The number of aryl methyl sites for hydroxylation is 7. The standard InChI is InChI=1S/C10H9NO.2C10H9N.C10H12.C9H8N2.2C9H9N.7C2H6/c1-7-6-8-4-2-3-5-9(8)11-10(7)12;1-8-4-5-9-3-2-6-11-10(9)7-8;1-8-6-9-4-2-3-5-10(9)11-7-8;1-8-6-7-9-4-2-3-5-10(8)9;1-7-2-3-8-6-10-5-4-9(8)11-7;1-7-6-10-9-5-3-2-4-8(7)9;1-7-6-8-4-2-3-5-9(8)10-7;7*1-2/h2-6H,1H3,(H,11,12);2*2-7H,1H3;2-5,8H,6-7H2,1H3;2-6H,1H3;2*2-6,10H,1H3;7*1-2H3. The van der Waals surface area contributed by atoms with Gasteiger partial charge in [0.15, 0.2) is 0 Å². The molecule has 0 fully saturated rings. The number of H-pyrrole nitrogens is 3. The van der Waals surface area contributed by atoms with E-state index in [9.17, 15) is 4.79 Å². The van der Waals surface area contributed by atoms with Gasteiger partial charge in [-0.15, -0.1) is 0 Å². The van der Waals surface area contributed by atoms with Crippen LogP contribution in [0.4, 0.5) is 0 Å². The number of nitrogens with one attached hydrogen (secondary N) is 3. The van der Waals surface area contributed by atoms with E-state index in [4.69, 9.17) is 0 Å². The first kappa shape index (κ1) is 78.0. The van der Waals surface area contributed by atoms with E-state index >= 15 is 0 Å². The molecule has 0 bridgehead atoms. The van der Waals surface area contributed by atoms with E-state index in [0.717, 1.165) is 50.0 Å². The van der Waals surface area contributed by atoms with Gasteiger partial charge in [0.25, 0.3) is 5.56 Å². The lowest BCUT2D eigenvalue weighted by Crippen LogP contribution is -2.08. The van der Waals surface area contributed by atoms with Crippen molar-refractivity contribution < 1.29 is 0 Å². The highest BCUT2D eigenvalue weighted by molar-refractivity contribution is 5.83. The molecule has 1 aliphatic carbocycles. The molecule has 0 saturated heterocycles. The van der Waals surface area contributed by atoms with Gasteiger partial charge in [0, 0.05) is 86.0 Å². The summed E-state index contributed by atoms with van der Waals surface area (Å²) in [6.07, 6.45) is 12.0. The summed E-state index contributed by atoms with van der Waals surface area (Å²) in [6.45, 7) is 42.4. The molecule has 0 amide bonds. The minimum absolute atomic E-state index is 0.00583. The number of aromatic amines is 3. The molecule has 7 heterocycles. The first-order valence-electron chi connectivity index (χ1n) is 32.5. The molecule has 1 aliphatic rings. The minimum Gasteiger partial charge on any atom is -0.361 e. The van der Waals surface area contributed by atoms with Crippen molar-refractivity contribution >= 4 is 65.4 Å². The van der Waals surface area contributed by atoms with Crippen LogP contribution in [-0.2, 0) is 6.42 Å². The zero-order chi connectivity index (χ0) is 66.5. The quantitative estimate of drug-likeness (QED) is 0.140. The van der Waals surface area contributed by atoms with Crippen molar-refractivity contribution in [3.63, 3.8) is 0 Å². The Kier molecular flexibility index (Phi) is 40.5. The highest BCUT2D eigenvalue weighted by Crippen LogP contribution is 2.31. The average Bonchev–Trinajstić information content (AvgIpc) is 4.45. The van der Waals surface area contributed by atoms with Crippen molar-refractivity contribution in [3.05, 3.63) is 274 Å². The van der Waals surface area contributed by atoms with Crippen molar-refractivity contribution in [1.82, 2.24) is 34.9 Å². The van der Waals surface area contributed by atoms with Gasteiger partial charge in [-0.1, -0.05) is 219 Å². The summed E-state index contributed by atoms with van der Waals surface area (Å²) in [5.41, 5.74) is 16.4. The maximum Gasteiger partial charge on any atom is 0.251 e. The van der Waals surface area contributed by atoms with Crippen LogP contribution in [0.15, 0.2) is 224 Å². The lowest BCUT2D eigenvalue weighted by Gasteiger charge is -2.01. The summed E-state index contributed by atoms with van der Waals surface area (Å²) in [4.78, 5) is 37.3. The first-order valence-corrected chi connectivity index (χ1v) is 32.5. The summed E-state index contributed by atoms with van der Waals surface area (Å²) in [7, 11) is 0. The molecule has 6 aromatic carbocycles. The van der Waals surface area contributed by atoms with Gasteiger partial charge in [-0.05, 0) is 172 Å². The second-order valence-electron chi connectivity index (χ2n) is 19.0. The number of hydrogen-bond donors (Lipinski definition) is 3. The van der Waals surface area contributed by atoms with Crippen molar-refractivity contribution in [2.24, 2.45) is 0 Å². The zero-order valence-electron chi connectivity index (χ0n) is 58.0. The molecule has 0 radical (unpaired) electrons. The van der Waals surface area contributed by atoms with E-state index in [1.807, 2.05) is 220 Å². The summed E-state index contributed by atoms with van der Waals surface area (Å²) < 4.78 is 0. The van der Waals surface area contributed by atoms with Gasteiger partial charge in [0.05, 0.1) is 16.6 Å². The van der Waals surface area contributed by atoms with Crippen LogP contribution in [0, 0.1) is 41.5 Å². The molecule has 13 aromatic rings. The van der Waals surface area contributed by atoms with Gasteiger partial charge >= 0.3 is 0 Å². The van der Waals surface area contributed by atoms with E-state index in [1.165, 1.54) is 67.8 Å². The molecule has 0 spiro atoms. The number of hydrogen-bond acceptors (Lipinski definition) is 5. The topological polar surface area (TPSA) is 116 Å². The van der Waals surface area contributed by atoms with Gasteiger partial charge in [0.2, 0.25) is 0 Å². The van der Waals surface area contributed by atoms with E-state index in [0.29, 0.717) is 0 Å². The molecule has 89 heavy (non-hydrogen) atoms. The molecule has 8 nitrogen and oxygen atoms in total. The fourth-order valence-corrected chi connectivity index (χ4v) is 8.89. The average molecular weight is 1190 g/mol. The number of nitrogens with zero attached hydrogens (tertiary/aromatic N) is 4. The second-order valence-corrected chi connectivity index (χ2v) is 19.0. The first-order chi connectivity index (χ1) is 43.5. The van der Waals surface area contributed by atoms with E-state index in [-0.39, 0.29) is 5.56 Å². The Bertz CT molecular complexity index is 3780. The van der Waals surface area contributed by atoms with Crippen LogP contribution in [0.2, 0.25) is 0 Å². The van der Waals surface area contributed by atoms with Crippen LogP contribution >= 0.6 is 0 Å². The maximum absolute atomic E-state index is 11.2. The summed E-state index contributed by atoms with van der Waals surface area (Å²) >= 11 is 0. The molecule has 7 aromatic heterocycles. The smallest absolute Gasteiger partial charge is 0.251 e. The number of aromatic nitrogens is 7. The number of fused-ring (bicyclic) bond motifs is 7. The SMILES string of the molecule is CC.CC.CC.CC.CC.CC.CC.CC1CCc2ccccc21.Cc1c[nH]c2ccccc12.Cc1cc2ccccc2[nH]1.Cc1cc2ccccc2[nH]c1=O.Cc1ccc2cccnc2c1.Cc1ccc2cnccc2n1.Cc1cnc2ccccc2c1. The third kappa shape index (κ3) is 26.5. The van der Waals surface area contributed by atoms with Gasteiger partial charge < -0.3 is 15.0 Å². The predicted molar refractivity (Wildman–Crippen MR) is 395 cm³/mol. The number of para-hydroxylation sites is 4. The molecule has 472 valence electrons. The molecule has 1 unspecified atom stereocenters. The van der Waals surface area contributed by atoms with E-state index < -0.39 is 0 Å². The lowest BCUT2D eigenvalue weighted by molar-refractivity contribution is 0.747. The Morgan fingerprint density at radius 1 is 0.416 bits per heavy atom. The zero-order valence-corrected chi connectivity index (χ0v) is 58.0. The van der Waals surface area contributed by atoms with E-state index in [2.05, 4.69) is 173 Å². The second kappa shape index (κ2) is 46.2. The van der Waals surface area contributed by atoms with Crippen LogP contribution in [0.1, 0.15) is 161 Å². The largest absolute Gasteiger partial charge is 0.361 e. The lowest BCUT2D eigenvalue weighted by atomic mass is 10.0. The summed E-state index contributed by atoms with van der Waals surface area (Å²) in [5.74, 6) is 0.802. The molecule has 0 aliphatic heterocycles. The highest BCUT2D eigenvalue weighted by atomic mass is 16.1. The fraction of sp³-hybridized carbons (Fsp3) is 0.296. The summed E-state index contributed by atoms with van der Waals surface area (Å²) in [6, 6.07) is 63.7. The number of benzene rings is 6. The molecule has 14 rings (SSSR count). The van der Waals surface area contributed by atoms with Crippen LogP contribution in [0.5, 0.6) is 0 Å². The Morgan fingerprint density at radius 2 is 0.978 bits per heavy atom. The van der Waals surface area contributed by atoms with Crippen LogP contribution in [0.25, 0.3) is 65.4 Å². The Labute approximate surface area is 535 Å². The van der Waals surface area contributed by atoms with Gasteiger partial charge in [-0.2, -0.15) is 0 Å². The molecular formula is C81H107N7O. The number of rotatable bonds is 0. The Balaban J connectivity index is 0.000000502. The minimum atomic E-state index is -0.00583. The summed E-state index contributed by atoms with van der Waals surface area (Å²) in [5, 5.41) is 7.21. The monoisotopic (exact) mass is 1190 g/mol.